The minimum atomic E-state index is -3.33. The molecule has 1 saturated carbocycles. The molecule has 0 spiro atoms. The van der Waals surface area contributed by atoms with Gasteiger partial charge in [0.2, 0.25) is 10.0 Å². The molecule has 1 aliphatic carbocycles. The lowest BCUT2D eigenvalue weighted by molar-refractivity contribution is 0.581. The first kappa shape index (κ1) is 12.0. The lowest BCUT2D eigenvalue weighted by Gasteiger charge is -2.30. The molecule has 5 heteroatoms. The van der Waals surface area contributed by atoms with Crippen molar-refractivity contribution in [1.29, 1.82) is 0 Å². The molecule has 0 aromatic heterocycles. The second kappa shape index (κ2) is 4.55. The van der Waals surface area contributed by atoms with E-state index in [0.717, 1.165) is 12.2 Å². The first-order chi connectivity index (χ1) is 8.68. The van der Waals surface area contributed by atoms with E-state index >= 15 is 0 Å². The van der Waals surface area contributed by atoms with Crippen LogP contribution in [0.25, 0.3) is 0 Å². The predicted molar refractivity (Wildman–Crippen MR) is 71.2 cm³/mol. The van der Waals surface area contributed by atoms with Crippen LogP contribution in [0.4, 0.5) is 5.69 Å². The maximum absolute atomic E-state index is 12.1. The fourth-order valence-electron chi connectivity index (χ4n) is 3.02. The first-order valence-electron chi connectivity index (χ1n) is 6.54. The van der Waals surface area contributed by atoms with Crippen LogP contribution in [0.1, 0.15) is 25.7 Å². The summed E-state index contributed by atoms with van der Waals surface area (Å²) in [6.07, 6.45) is 4.86. The van der Waals surface area contributed by atoms with Crippen molar-refractivity contribution in [3.63, 3.8) is 0 Å². The van der Waals surface area contributed by atoms with E-state index < -0.39 is 10.0 Å². The van der Waals surface area contributed by atoms with Gasteiger partial charge in [-0.3, -0.25) is 0 Å². The number of anilines is 1. The molecule has 2 aliphatic rings. The number of para-hydroxylation sites is 1. The first-order valence-corrected chi connectivity index (χ1v) is 8.02. The minimum absolute atomic E-state index is 0.425. The Balaban J connectivity index is 2.07. The highest BCUT2D eigenvalue weighted by atomic mass is 32.2. The van der Waals surface area contributed by atoms with Crippen molar-refractivity contribution in [2.75, 3.05) is 18.0 Å². The van der Waals surface area contributed by atoms with Crippen LogP contribution in [0.2, 0.25) is 0 Å². The molecule has 3 rings (SSSR count). The van der Waals surface area contributed by atoms with Crippen molar-refractivity contribution < 1.29 is 8.42 Å². The smallest absolute Gasteiger partial charge is 0.242 e. The number of benzene rings is 1. The summed E-state index contributed by atoms with van der Waals surface area (Å²) in [6, 6.07) is 7.84. The van der Waals surface area contributed by atoms with E-state index in [1.54, 1.807) is 12.1 Å². The molecule has 0 unspecified atom stereocenters. The highest BCUT2D eigenvalue weighted by Crippen LogP contribution is 2.33. The molecule has 1 heterocycles. The Morgan fingerprint density at radius 2 is 1.89 bits per heavy atom. The number of hydrogen-bond donors (Lipinski definition) is 1. The molecule has 0 atom stereocenters. The molecule has 1 fully saturated rings. The Bertz CT molecular complexity index is 536. The second-order valence-corrected chi connectivity index (χ2v) is 6.73. The van der Waals surface area contributed by atoms with E-state index in [4.69, 9.17) is 0 Å². The lowest BCUT2D eigenvalue weighted by Crippen LogP contribution is -2.36. The van der Waals surface area contributed by atoms with Crippen LogP contribution in [0, 0.1) is 0 Å². The van der Waals surface area contributed by atoms with Crippen LogP contribution in [0.3, 0.4) is 0 Å². The van der Waals surface area contributed by atoms with E-state index in [9.17, 15) is 8.42 Å². The number of sulfonamides is 1. The number of rotatable bonds is 1. The highest BCUT2D eigenvalue weighted by molar-refractivity contribution is 7.89. The summed E-state index contributed by atoms with van der Waals surface area (Å²) in [5, 5.41) is 0. The Hall–Kier alpha value is -1.07. The average Bonchev–Trinajstić information content (AvgIpc) is 2.84. The van der Waals surface area contributed by atoms with Gasteiger partial charge in [-0.25, -0.2) is 13.1 Å². The third-order valence-electron chi connectivity index (χ3n) is 3.87. The molecule has 0 radical (unpaired) electrons. The fraction of sp³-hybridized carbons (Fsp3) is 0.538. The molecule has 1 N–H and O–H groups in total. The van der Waals surface area contributed by atoms with Gasteiger partial charge in [-0.05, 0) is 25.0 Å². The Labute approximate surface area is 108 Å². The number of hydrogen-bond acceptors (Lipinski definition) is 3. The van der Waals surface area contributed by atoms with Gasteiger partial charge in [0.15, 0.2) is 0 Å². The minimum Gasteiger partial charge on any atom is -0.366 e. The van der Waals surface area contributed by atoms with Gasteiger partial charge in [0.25, 0.3) is 0 Å². The van der Waals surface area contributed by atoms with E-state index in [1.165, 1.54) is 25.7 Å². The summed E-state index contributed by atoms with van der Waals surface area (Å²) >= 11 is 0. The van der Waals surface area contributed by atoms with Gasteiger partial charge in [-0.1, -0.05) is 25.0 Å². The number of fused-ring (bicyclic) bond motifs is 1. The standard InChI is InChI=1S/C13H18N2O2S/c16-18(17)13-8-4-3-7-12(13)15(10-9-14-18)11-5-1-2-6-11/h3-4,7-8,11,14H,1-2,5-6,9-10H2. The highest BCUT2D eigenvalue weighted by Gasteiger charge is 2.30. The van der Waals surface area contributed by atoms with Crippen LogP contribution in [0.15, 0.2) is 29.2 Å². The Morgan fingerprint density at radius 3 is 2.67 bits per heavy atom. The summed E-state index contributed by atoms with van der Waals surface area (Å²) in [4.78, 5) is 2.70. The molecule has 0 bridgehead atoms. The molecule has 1 aromatic rings. The van der Waals surface area contributed by atoms with E-state index in [1.807, 2.05) is 12.1 Å². The van der Waals surface area contributed by atoms with Crippen LogP contribution < -0.4 is 9.62 Å². The lowest BCUT2D eigenvalue weighted by atomic mass is 10.1. The zero-order valence-electron chi connectivity index (χ0n) is 10.3. The predicted octanol–water partition coefficient (Wildman–Crippen LogP) is 1.73. The number of nitrogens with zero attached hydrogens (tertiary/aromatic N) is 1. The van der Waals surface area contributed by atoms with Gasteiger partial charge < -0.3 is 4.90 Å². The van der Waals surface area contributed by atoms with Crippen molar-refractivity contribution in [2.45, 2.75) is 36.6 Å². The van der Waals surface area contributed by atoms with Crippen molar-refractivity contribution >= 4 is 15.7 Å². The summed E-state index contributed by atoms with van der Waals surface area (Å²) in [7, 11) is -3.33. The molecule has 0 saturated heterocycles. The fourth-order valence-corrected chi connectivity index (χ4v) is 4.25. The van der Waals surface area contributed by atoms with Gasteiger partial charge in [0.05, 0.1) is 5.69 Å². The van der Waals surface area contributed by atoms with Gasteiger partial charge in [0, 0.05) is 19.1 Å². The topological polar surface area (TPSA) is 49.4 Å². The van der Waals surface area contributed by atoms with Crippen molar-refractivity contribution in [3.8, 4) is 0 Å². The summed E-state index contributed by atoms with van der Waals surface area (Å²) in [5.74, 6) is 0. The van der Waals surface area contributed by atoms with Gasteiger partial charge in [-0.15, -0.1) is 0 Å². The molecule has 98 valence electrons. The average molecular weight is 266 g/mol. The maximum Gasteiger partial charge on any atom is 0.242 e. The van der Waals surface area contributed by atoms with Crippen molar-refractivity contribution in [3.05, 3.63) is 24.3 Å². The largest absolute Gasteiger partial charge is 0.366 e. The summed E-state index contributed by atoms with van der Waals surface area (Å²) in [6.45, 7) is 1.26. The maximum atomic E-state index is 12.1. The normalized spacial score (nSPS) is 23.7. The molecular formula is C13H18N2O2S. The third kappa shape index (κ3) is 2.01. The van der Waals surface area contributed by atoms with Crippen molar-refractivity contribution in [1.82, 2.24) is 4.72 Å². The molecule has 1 aliphatic heterocycles. The van der Waals surface area contributed by atoms with Crippen LogP contribution >= 0.6 is 0 Å². The van der Waals surface area contributed by atoms with Gasteiger partial charge in [0.1, 0.15) is 4.90 Å². The Morgan fingerprint density at radius 1 is 1.17 bits per heavy atom. The molecule has 0 amide bonds. The monoisotopic (exact) mass is 266 g/mol. The molecule has 18 heavy (non-hydrogen) atoms. The van der Waals surface area contributed by atoms with E-state index in [-0.39, 0.29) is 0 Å². The van der Waals surface area contributed by atoms with Crippen LogP contribution in [-0.2, 0) is 10.0 Å². The summed E-state index contributed by atoms with van der Waals surface area (Å²) < 4.78 is 26.9. The summed E-state index contributed by atoms with van der Waals surface area (Å²) in [5.41, 5.74) is 0.870. The SMILES string of the molecule is O=S1(=O)NCCN(C2CCCC2)c2ccccc21. The third-order valence-corrected chi connectivity index (χ3v) is 5.38. The second-order valence-electron chi connectivity index (χ2n) is 5.00. The van der Waals surface area contributed by atoms with Gasteiger partial charge >= 0.3 is 0 Å². The van der Waals surface area contributed by atoms with Gasteiger partial charge in [-0.2, -0.15) is 0 Å². The van der Waals surface area contributed by atoms with E-state index in [0.29, 0.717) is 17.5 Å². The number of nitrogens with one attached hydrogen (secondary N) is 1. The quantitative estimate of drug-likeness (QED) is 0.842. The van der Waals surface area contributed by atoms with Crippen LogP contribution in [-0.4, -0.2) is 27.5 Å². The molecule has 4 nitrogen and oxygen atoms in total. The van der Waals surface area contributed by atoms with E-state index in [2.05, 4.69) is 9.62 Å². The Kier molecular flexibility index (Phi) is 3.03. The molecule has 1 aromatic carbocycles. The van der Waals surface area contributed by atoms with Crippen LogP contribution in [0.5, 0.6) is 0 Å². The zero-order valence-corrected chi connectivity index (χ0v) is 11.1. The van der Waals surface area contributed by atoms with Crippen molar-refractivity contribution in [2.24, 2.45) is 0 Å². The zero-order chi connectivity index (χ0) is 12.6. The molecular weight excluding hydrogens is 248 g/mol.